The molecule has 7 nitrogen and oxygen atoms in total. The van der Waals surface area contributed by atoms with E-state index in [1.165, 1.54) is 66.7 Å². The van der Waals surface area contributed by atoms with Gasteiger partial charge in [0.15, 0.2) is 12.7 Å². The van der Waals surface area contributed by atoms with E-state index in [9.17, 15) is 0 Å². The lowest BCUT2D eigenvalue weighted by molar-refractivity contribution is -0.676. The molecule has 2 aromatic heterocycles. The molecule has 0 bridgehead atoms. The van der Waals surface area contributed by atoms with Crippen LogP contribution in [0.4, 0.5) is 5.69 Å². The fraction of sp³-hybridized carbons (Fsp3) is 0.303. The van der Waals surface area contributed by atoms with Crippen molar-refractivity contribution in [2.75, 3.05) is 18.1 Å². The number of anilines is 1. The first-order valence-corrected chi connectivity index (χ1v) is 16.8. The highest BCUT2D eigenvalue weighted by atomic mass is 32.2. The number of fused-ring (bicyclic) bond motifs is 2. The van der Waals surface area contributed by atoms with Crippen LogP contribution in [0.25, 0.3) is 17.0 Å². The molecule has 1 aliphatic carbocycles. The first kappa shape index (κ1) is 29.9. The number of aromatic nitrogens is 3. The lowest BCUT2D eigenvalue weighted by Gasteiger charge is -2.31. The maximum atomic E-state index is 8.89. The summed E-state index contributed by atoms with van der Waals surface area (Å²) in [5, 5.41) is 19.7. The monoisotopic (exact) mass is 631 g/mol. The summed E-state index contributed by atoms with van der Waals surface area (Å²) in [4.78, 5) is 9.05. The standard InChI is InChI=1S/C33H34N4O3S3/c1-5-37-29-18-26(43-40-32-35-34-21-41-32)7-9-30(29)42-31(37)17-24-15-23(19-33(3,4)20-24)16-25-10-11-36(12-13-39-38)28-8-6-22(2)14-27(25)28/h6-11,14-18,21H,5,12-13,19-20H2,1-4H3/p+1. The van der Waals surface area contributed by atoms with Crippen LogP contribution in [0.5, 0.6) is 5.19 Å². The molecule has 1 N–H and O–H groups in total. The molecule has 0 unspecified atom stereocenters. The maximum absolute atomic E-state index is 8.89. The van der Waals surface area contributed by atoms with Gasteiger partial charge >= 0.3 is 5.19 Å². The number of thioether (sulfide) groups is 1. The smallest absolute Gasteiger partial charge is 0.306 e. The van der Waals surface area contributed by atoms with Crippen LogP contribution < -0.4 is 13.7 Å². The summed E-state index contributed by atoms with van der Waals surface area (Å²) in [5.41, 5.74) is 9.25. The van der Waals surface area contributed by atoms with Crippen LogP contribution in [0.3, 0.4) is 0 Å². The Morgan fingerprint density at radius 1 is 1.14 bits per heavy atom. The molecule has 0 radical (unpaired) electrons. The van der Waals surface area contributed by atoms with Crippen molar-refractivity contribution in [1.82, 2.24) is 10.2 Å². The van der Waals surface area contributed by atoms with E-state index in [0.717, 1.165) is 29.8 Å². The molecule has 0 saturated carbocycles. The minimum Gasteiger partial charge on any atom is -0.389 e. The number of nitrogens with zero attached hydrogens (tertiary/aromatic N) is 4. The molecule has 4 aromatic rings. The van der Waals surface area contributed by atoms with E-state index < -0.39 is 0 Å². The van der Waals surface area contributed by atoms with Gasteiger partial charge in [-0.2, -0.15) is 4.57 Å². The molecular weight excluding hydrogens is 597 g/mol. The van der Waals surface area contributed by atoms with Crippen LogP contribution in [0.2, 0.25) is 0 Å². The quantitative estimate of drug-likeness (QED) is 0.0854. The lowest BCUT2D eigenvalue weighted by Crippen LogP contribution is -2.36. The van der Waals surface area contributed by atoms with Crippen LogP contribution >= 0.6 is 35.1 Å². The van der Waals surface area contributed by atoms with Gasteiger partial charge in [0.1, 0.15) is 12.1 Å². The van der Waals surface area contributed by atoms with Crippen LogP contribution in [0.1, 0.15) is 44.7 Å². The molecule has 10 heteroatoms. The molecule has 6 rings (SSSR count). The predicted octanol–water partition coefficient (Wildman–Crippen LogP) is 8.47. The molecule has 0 atom stereocenters. The zero-order valence-corrected chi connectivity index (χ0v) is 27.2. The van der Waals surface area contributed by atoms with E-state index >= 15 is 0 Å². The topological polar surface area (TPSA) is 71.6 Å². The lowest BCUT2D eigenvalue weighted by atomic mass is 9.75. The van der Waals surface area contributed by atoms with Crippen molar-refractivity contribution in [3.05, 3.63) is 93.6 Å². The zero-order valence-electron chi connectivity index (χ0n) is 24.7. The minimum atomic E-state index is 0.144. The summed E-state index contributed by atoms with van der Waals surface area (Å²) in [5.74, 6) is 0. The molecule has 0 saturated heterocycles. The fourth-order valence-corrected chi connectivity index (χ4v) is 8.04. The number of pyridine rings is 1. The molecule has 2 aromatic carbocycles. The first-order chi connectivity index (χ1) is 20.8. The van der Waals surface area contributed by atoms with E-state index in [-0.39, 0.29) is 12.0 Å². The average Bonchev–Trinajstić information content (AvgIpc) is 3.62. The first-order valence-electron chi connectivity index (χ1n) is 14.3. The average molecular weight is 632 g/mol. The van der Waals surface area contributed by atoms with Crippen molar-refractivity contribution in [3.63, 3.8) is 0 Å². The largest absolute Gasteiger partial charge is 0.389 e. The highest BCUT2D eigenvalue weighted by Gasteiger charge is 2.29. The predicted molar refractivity (Wildman–Crippen MR) is 176 cm³/mol. The third-order valence-corrected chi connectivity index (χ3v) is 10.1. The second-order valence-corrected chi connectivity index (χ2v) is 14.3. The summed E-state index contributed by atoms with van der Waals surface area (Å²) in [6.07, 6.45) is 11.2. The number of rotatable bonds is 9. The van der Waals surface area contributed by atoms with Crippen LogP contribution in [-0.4, -0.2) is 28.6 Å². The Morgan fingerprint density at radius 3 is 2.81 bits per heavy atom. The minimum absolute atomic E-state index is 0.144. The van der Waals surface area contributed by atoms with Crippen molar-refractivity contribution < 1.29 is 18.9 Å². The van der Waals surface area contributed by atoms with Gasteiger partial charge in [0.2, 0.25) is 5.52 Å². The normalized spacial score (nSPS) is 18.0. The highest BCUT2D eigenvalue weighted by Crippen LogP contribution is 2.49. The Bertz CT molecular complexity index is 1730. The Balaban J connectivity index is 1.30. The Morgan fingerprint density at radius 2 is 2.02 bits per heavy atom. The Labute approximate surface area is 265 Å². The molecule has 2 aliphatic rings. The summed E-state index contributed by atoms with van der Waals surface area (Å²) >= 11 is 4.53. The van der Waals surface area contributed by atoms with E-state index in [1.54, 1.807) is 5.51 Å². The molecule has 1 aliphatic heterocycles. The molecule has 222 valence electrons. The second-order valence-electron chi connectivity index (χ2n) is 11.6. The molecule has 0 fully saturated rings. The van der Waals surface area contributed by atoms with E-state index in [4.69, 9.17) is 9.44 Å². The van der Waals surface area contributed by atoms with Gasteiger partial charge in [0.25, 0.3) is 0 Å². The second kappa shape index (κ2) is 12.8. The molecule has 0 amide bonds. The Hall–Kier alpha value is -3.15. The van der Waals surface area contributed by atoms with E-state index in [2.05, 4.69) is 119 Å². The molecule has 43 heavy (non-hydrogen) atoms. The Kier molecular flexibility index (Phi) is 8.93. The van der Waals surface area contributed by atoms with Gasteiger partial charge in [-0.25, -0.2) is 4.89 Å². The summed E-state index contributed by atoms with van der Waals surface area (Å²) < 4.78 is 7.87. The van der Waals surface area contributed by atoms with Gasteiger partial charge in [-0.15, -0.1) is 5.10 Å². The third kappa shape index (κ3) is 6.84. The van der Waals surface area contributed by atoms with Crippen LogP contribution in [0.15, 0.2) is 92.3 Å². The van der Waals surface area contributed by atoms with Crippen molar-refractivity contribution in [3.8, 4) is 5.19 Å². The van der Waals surface area contributed by atoms with Crippen molar-refractivity contribution in [2.45, 2.75) is 56.9 Å². The number of allylic oxidation sites excluding steroid dienone is 4. The van der Waals surface area contributed by atoms with Crippen LogP contribution in [0, 0.1) is 12.3 Å². The highest BCUT2D eigenvalue weighted by molar-refractivity contribution is 8.03. The van der Waals surface area contributed by atoms with E-state index in [0.29, 0.717) is 11.7 Å². The van der Waals surface area contributed by atoms with Gasteiger partial charge in [-0.1, -0.05) is 65.8 Å². The van der Waals surface area contributed by atoms with Gasteiger partial charge in [0, 0.05) is 23.6 Å². The summed E-state index contributed by atoms with van der Waals surface area (Å²) in [6, 6.07) is 15.2. The fourth-order valence-electron chi connectivity index (χ4n) is 5.83. The number of hydrogen-bond donors (Lipinski definition) is 1. The van der Waals surface area contributed by atoms with Gasteiger partial charge in [0.05, 0.1) is 33.0 Å². The number of benzene rings is 2. The third-order valence-electron chi connectivity index (χ3n) is 7.58. The van der Waals surface area contributed by atoms with Crippen molar-refractivity contribution in [2.24, 2.45) is 5.41 Å². The molecule has 3 heterocycles. The number of aryl methyl sites for hydroxylation is 1. The maximum Gasteiger partial charge on any atom is 0.306 e. The van der Waals surface area contributed by atoms with Gasteiger partial charge in [-0.3, -0.25) is 5.26 Å². The van der Waals surface area contributed by atoms with Gasteiger partial charge < -0.3 is 9.08 Å². The zero-order chi connectivity index (χ0) is 30.0. The number of hydrogen-bond acceptors (Lipinski definition) is 9. The van der Waals surface area contributed by atoms with E-state index in [1.807, 2.05) is 11.8 Å². The summed E-state index contributed by atoms with van der Waals surface area (Å²) in [7, 11) is 0. The van der Waals surface area contributed by atoms with Crippen molar-refractivity contribution >= 4 is 57.8 Å². The van der Waals surface area contributed by atoms with Crippen LogP contribution in [-0.2, 0) is 11.4 Å². The summed E-state index contributed by atoms with van der Waals surface area (Å²) in [6.45, 7) is 10.8. The SMILES string of the molecule is CCN1/C(=C/C2=CC(=C/c3cc[n+](CCOO)c4ccc(C)cc34)/CC(C)(C)C2)Sc2ccc(SOc3nncs3)cc21. The van der Waals surface area contributed by atoms with Crippen molar-refractivity contribution in [1.29, 1.82) is 0 Å². The molecule has 0 spiro atoms. The molecular formula is C33H35N4O3S3+. The van der Waals surface area contributed by atoms with Gasteiger partial charge in [-0.05, 0) is 79.2 Å².